The van der Waals surface area contributed by atoms with Gasteiger partial charge in [0.15, 0.2) is 0 Å². The number of anilines is 1. The normalized spacial score (nSPS) is 12.8. The van der Waals surface area contributed by atoms with Crippen molar-refractivity contribution < 1.29 is 0 Å². The third-order valence-corrected chi connectivity index (χ3v) is 4.85. The first-order valence-corrected chi connectivity index (χ1v) is 9.53. The fraction of sp³-hybridized carbons (Fsp3) is 0.304. The van der Waals surface area contributed by atoms with E-state index in [2.05, 4.69) is 54.2 Å². The van der Waals surface area contributed by atoms with Crippen LogP contribution in [0, 0.1) is 6.92 Å². The molecule has 0 aliphatic heterocycles. The van der Waals surface area contributed by atoms with Crippen LogP contribution in [0.2, 0.25) is 0 Å². The minimum Gasteiger partial charge on any atom is -0.371 e. The maximum Gasteiger partial charge on any atom is 0.0465 e. The van der Waals surface area contributed by atoms with E-state index in [0.29, 0.717) is 0 Å². The molecule has 2 nitrogen and oxygen atoms in total. The third-order valence-electron chi connectivity index (χ3n) is 4.46. The number of nitrogens with zero attached hydrogens (tertiary/aromatic N) is 1. The molecule has 2 rings (SSSR count). The van der Waals surface area contributed by atoms with Gasteiger partial charge in [-0.1, -0.05) is 43.3 Å². The highest BCUT2D eigenvalue weighted by Crippen LogP contribution is 2.25. The van der Waals surface area contributed by atoms with Crippen LogP contribution in [0.15, 0.2) is 48.0 Å². The van der Waals surface area contributed by atoms with Crippen molar-refractivity contribution in [1.82, 2.24) is 4.98 Å². The molecule has 1 aromatic carbocycles. The molecule has 0 spiro atoms. The second-order valence-electron chi connectivity index (χ2n) is 6.62. The summed E-state index contributed by atoms with van der Waals surface area (Å²) in [4.78, 5) is 5.69. The summed E-state index contributed by atoms with van der Waals surface area (Å²) in [5.41, 5.74) is 4.51. The second kappa shape index (κ2) is 9.49. The number of aromatic amines is 1. The Morgan fingerprint density at radius 1 is 1.23 bits per heavy atom. The van der Waals surface area contributed by atoms with Gasteiger partial charge in [-0.25, -0.2) is 0 Å². The topological polar surface area (TPSA) is 19.0 Å². The molecular formula is C23H29ClN2. The van der Waals surface area contributed by atoms with Gasteiger partial charge in [-0.05, 0) is 67.3 Å². The Kier molecular flexibility index (Phi) is 7.35. The molecule has 0 atom stereocenters. The molecule has 1 heterocycles. The minimum atomic E-state index is 0.724. The SMILES string of the molecule is C=CCCN(CCC)c1ccc(/C(C)=C(Cl)/C=c2/[nH]c(C)cc2=C)cc1. The first kappa shape index (κ1) is 20.1. The molecule has 138 valence electrons. The molecule has 0 aliphatic carbocycles. The van der Waals surface area contributed by atoms with Crippen molar-refractivity contribution >= 4 is 35.5 Å². The maximum absolute atomic E-state index is 6.56. The van der Waals surface area contributed by atoms with Crippen molar-refractivity contribution in [2.45, 2.75) is 33.6 Å². The number of benzene rings is 1. The lowest BCUT2D eigenvalue weighted by atomic mass is 10.1. The number of halogens is 1. The Hall–Kier alpha value is -2.19. The zero-order chi connectivity index (χ0) is 19.1. The van der Waals surface area contributed by atoms with Gasteiger partial charge in [0, 0.05) is 34.9 Å². The Bertz CT molecular complexity index is 872. The Morgan fingerprint density at radius 2 is 1.92 bits per heavy atom. The van der Waals surface area contributed by atoms with Crippen LogP contribution in [0.4, 0.5) is 5.69 Å². The van der Waals surface area contributed by atoms with Crippen LogP contribution in [-0.2, 0) is 0 Å². The van der Waals surface area contributed by atoms with Crippen LogP contribution < -0.4 is 15.5 Å². The fourth-order valence-corrected chi connectivity index (χ4v) is 3.20. The number of hydrogen-bond acceptors (Lipinski definition) is 1. The minimum absolute atomic E-state index is 0.724. The fourth-order valence-electron chi connectivity index (χ4n) is 2.98. The molecule has 1 N–H and O–H groups in total. The molecule has 0 saturated heterocycles. The molecule has 0 amide bonds. The summed E-state index contributed by atoms with van der Waals surface area (Å²) >= 11 is 6.56. The summed E-state index contributed by atoms with van der Waals surface area (Å²) in [5, 5.41) is 2.64. The number of aromatic nitrogens is 1. The summed E-state index contributed by atoms with van der Waals surface area (Å²) in [7, 11) is 0. The molecule has 3 heteroatoms. The lowest BCUT2D eigenvalue weighted by Crippen LogP contribution is -2.24. The maximum atomic E-state index is 6.56. The quantitative estimate of drug-likeness (QED) is 0.651. The number of H-pyrrole nitrogens is 1. The standard InChI is InChI=1S/C23H29ClN2/c1-6-8-14-26(13-7-2)21-11-9-20(10-12-21)19(5)22(24)16-23-17(3)15-18(4)25-23/h6,9-12,15-16,25H,1,3,7-8,13-14H2,2,4-5H3/b22-19-,23-16+. The van der Waals surface area contributed by atoms with Crippen LogP contribution >= 0.6 is 11.6 Å². The first-order chi connectivity index (χ1) is 12.5. The Morgan fingerprint density at radius 3 is 2.46 bits per heavy atom. The summed E-state index contributed by atoms with van der Waals surface area (Å²) in [6.07, 6.45) is 6.04. The van der Waals surface area contributed by atoms with Crippen molar-refractivity contribution in [2.75, 3.05) is 18.0 Å². The van der Waals surface area contributed by atoms with E-state index in [9.17, 15) is 0 Å². The molecule has 1 aromatic heterocycles. The van der Waals surface area contributed by atoms with Crippen molar-refractivity contribution in [2.24, 2.45) is 0 Å². The van der Waals surface area contributed by atoms with Crippen LogP contribution in [-0.4, -0.2) is 18.1 Å². The van der Waals surface area contributed by atoms with Crippen molar-refractivity contribution in [3.8, 4) is 0 Å². The molecule has 2 aromatic rings. The highest BCUT2D eigenvalue weighted by Gasteiger charge is 2.06. The zero-order valence-corrected chi connectivity index (χ0v) is 16.9. The average molecular weight is 369 g/mol. The van der Waals surface area contributed by atoms with Crippen molar-refractivity contribution in [3.63, 3.8) is 0 Å². The van der Waals surface area contributed by atoms with Gasteiger partial charge in [-0.15, -0.1) is 6.58 Å². The van der Waals surface area contributed by atoms with E-state index in [0.717, 1.165) is 58.4 Å². The largest absolute Gasteiger partial charge is 0.371 e. The monoisotopic (exact) mass is 368 g/mol. The van der Waals surface area contributed by atoms with E-state index in [4.69, 9.17) is 11.6 Å². The van der Waals surface area contributed by atoms with E-state index in [1.165, 1.54) is 5.69 Å². The molecule has 0 saturated carbocycles. The zero-order valence-electron chi connectivity index (χ0n) is 16.1. The summed E-state index contributed by atoms with van der Waals surface area (Å²) < 4.78 is 0. The lowest BCUT2D eigenvalue weighted by molar-refractivity contribution is 0.765. The highest BCUT2D eigenvalue weighted by molar-refractivity contribution is 6.37. The molecule has 0 fully saturated rings. The molecular weight excluding hydrogens is 340 g/mol. The van der Waals surface area contributed by atoms with Gasteiger partial charge in [0.2, 0.25) is 0 Å². The van der Waals surface area contributed by atoms with Crippen LogP contribution in [0.5, 0.6) is 0 Å². The second-order valence-corrected chi connectivity index (χ2v) is 7.03. The first-order valence-electron chi connectivity index (χ1n) is 9.15. The smallest absolute Gasteiger partial charge is 0.0465 e. The van der Waals surface area contributed by atoms with E-state index in [1.54, 1.807) is 0 Å². The predicted molar refractivity (Wildman–Crippen MR) is 117 cm³/mol. The summed E-state index contributed by atoms with van der Waals surface area (Å²) in [6, 6.07) is 10.7. The number of hydrogen-bond donors (Lipinski definition) is 1. The van der Waals surface area contributed by atoms with Crippen molar-refractivity contribution in [3.05, 3.63) is 69.8 Å². The Labute approximate surface area is 162 Å². The van der Waals surface area contributed by atoms with Gasteiger partial charge in [0.25, 0.3) is 0 Å². The Balaban J connectivity index is 2.28. The van der Waals surface area contributed by atoms with E-state index in [1.807, 2.05) is 32.1 Å². The third kappa shape index (κ3) is 5.15. The molecule has 0 bridgehead atoms. The van der Waals surface area contributed by atoms with Crippen LogP contribution in [0.3, 0.4) is 0 Å². The highest BCUT2D eigenvalue weighted by atomic mass is 35.5. The van der Waals surface area contributed by atoms with Gasteiger partial charge in [0.05, 0.1) is 0 Å². The molecule has 0 radical (unpaired) electrons. The van der Waals surface area contributed by atoms with E-state index in [-0.39, 0.29) is 0 Å². The molecule has 0 aliphatic rings. The van der Waals surface area contributed by atoms with Gasteiger partial charge < -0.3 is 9.88 Å². The number of aryl methyl sites for hydroxylation is 1. The lowest BCUT2D eigenvalue weighted by Gasteiger charge is -2.24. The number of nitrogens with one attached hydrogen (secondary N) is 1. The molecule has 0 unspecified atom stereocenters. The van der Waals surface area contributed by atoms with Gasteiger partial charge in [-0.2, -0.15) is 0 Å². The van der Waals surface area contributed by atoms with E-state index < -0.39 is 0 Å². The molecule has 26 heavy (non-hydrogen) atoms. The number of rotatable bonds is 8. The summed E-state index contributed by atoms with van der Waals surface area (Å²) in [5.74, 6) is 0. The van der Waals surface area contributed by atoms with Crippen molar-refractivity contribution in [1.29, 1.82) is 0 Å². The van der Waals surface area contributed by atoms with Crippen LogP contribution in [0.1, 0.15) is 37.9 Å². The number of allylic oxidation sites excluding steroid dienone is 2. The predicted octanol–water partition coefficient (Wildman–Crippen LogP) is 4.98. The average Bonchev–Trinajstić information content (AvgIpc) is 2.95. The van der Waals surface area contributed by atoms with Gasteiger partial charge in [-0.3, -0.25) is 0 Å². The summed E-state index contributed by atoms with van der Waals surface area (Å²) in [6.45, 7) is 16.2. The van der Waals surface area contributed by atoms with E-state index >= 15 is 0 Å². The van der Waals surface area contributed by atoms with Gasteiger partial charge in [0.1, 0.15) is 0 Å². The van der Waals surface area contributed by atoms with Crippen LogP contribution in [0.25, 0.3) is 18.2 Å². The van der Waals surface area contributed by atoms with Gasteiger partial charge >= 0.3 is 0 Å².